The lowest BCUT2D eigenvalue weighted by molar-refractivity contribution is 0.586. The van der Waals surface area contributed by atoms with Gasteiger partial charge in [0.25, 0.3) is 0 Å². The number of thioether (sulfide) groups is 1. The molecule has 0 aliphatic rings. The smallest absolute Gasteiger partial charge is 0.128 e. The van der Waals surface area contributed by atoms with E-state index in [0.717, 1.165) is 30.4 Å². The summed E-state index contributed by atoms with van der Waals surface area (Å²) in [6.07, 6.45) is 2.13. The molecule has 0 saturated heterocycles. The molecule has 0 atom stereocenters. The average molecular weight is 267 g/mol. The van der Waals surface area contributed by atoms with Gasteiger partial charge in [0.2, 0.25) is 0 Å². The van der Waals surface area contributed by atoms with Gasteiger partial charge >= 0.3 is 0 Å². The number of hydrogen-bond acceptors (Lipinski definition) is 4. The molecule has 0 fully saturated rings. The first-order valence-corrected chi connectivity index (χ1v) is 7.84. The molecule has 1 aromatic heterocycles. The van der Waals surface area contributed by atoms with Crippen molar-refractivity contribution in [2.24, 2.45) is 0 Å². The Balaban J connectivity index is 2.66. The fourth-order valence-electron chi connectivity index (χ4n) is 1.63. The molecule has 0 unspecified atom stereocenters. The molecule has 1 rings (SSSR count). The van der Waals surface area contributed by atoms with E-state index in [1.54, 1.807) is 0 Å². The number of rotatable bonds is 7. The fourth-order valence-corrected chi connectivity index (χ4v) is 2.09. The second kappa shape index (κ2) is 7.64. The monoisotopic (exact) mass is 267 g/mol. The van der Waals surface area contributed by atoms with Crippen LogP contribution >= 0.6 is 11.8 Å². The van der Waals surface area contributed by atoms with Crippen molar-refractivity contribution in [2.45, 2.75) is 33.4 Å². The van der Waals surface area contributed by atoms with Crippen molar-refractivity contribution in [1.82, 2.24) is 10.3 Å². The minimum atomic E-state index is 0.508. The molecule has 18 heavy (non-hydrogen) atoms. The standard InChI is InChI=1S/C14H25N3S/c1-11(2)15-10-13-6-7-14(16-12(13)3)17(4)8-9-18-5/h6-7,11,15H,8-10H2,1-5H3. The van der Waals surface area contributed by atoms with Gasteiger partial charge in [-0.15, -0.1) is 0 Å². The summed E-state index contributed by atoms with van der Waals surface area (Å²) >= 11 is 1.86. The van der Waals surface area contributed by atoms with Crippen LogP contribution in [-0.2, 0) is 6.54 Å². The molecule has 4 heteroatoms. The van der Waals surface area contributed by atoms with Crippen LogP contribution in [0.15, 0.2) is 12.1 Å². The van der Waals surface area contributed by atoms with E-state index in [2.05, 4.69) is 61.4 Å². The molecule has 0 aromatic carbocycles. The van der Waals surface area contributed by atoms with Crippen LogP contribution < -0.4 is 10.2 Å². The Hall–Kier alpha value is -0.740. The zero-order chi connectivity index (χ0) is 13.5. The predicted octanol–water partition coefficient (Wildman–Crippen LogP) is 2.69. The number of aryl methyl sites for hydroxylation is 1. The number of pyridine rings is 1. The molecular formula is C14H25N3S. The molecule has 0 radical (unpaired) electrons. The first kappa shape index (κ1) is 15.3. The molecule has 3 nitrogen and oxygen atoms in total. The Morgan fingerprint density at radius 3 is 2.67 bits per heavy atom. The maximum atomic E-state index is 4.68. The fraction of sp³-hybridized carbons (Fsp3) is 0.643. The largest absolute Gasteiger partial charge is 0.359 e. The number of nitrogens with zero attached hydrogens (tertiary/aromatic N) is 2. The molecule has 1 N–H and O–H groups in total. The average Bonchev–Trinajstić information content (AvgIpc) is 2.34. The Labute approximate surface area is 115 Å². The van der Waals surface area contributed by atoms with Crippen molar-refractivity contribution in [2.75, 3.05) is 30.5 Å². The van der Waals surface area contributed by atoms with E-state index in [1.165, 1.54) is 5.56 Å². The van der Waals surface area contributed by atoms with Crippen molar-refractivity contribution >= 4 is 17.6 Å². The summed E-state index contributed by atoms with van der Waals surface area (Å²) in [6.45, 7) is 8.34. The summed E-state index contributed by atoms with van der Waals surface area (Å²) in [5.41, 5.74) is 2.40. The zero-order valence-corrected chi connectivity index (χ0v) is 13.0. The van der Waals surface area contributed by atoms with Gasteiger partial charge in [-0.1, -0.05) is 19.9 Å². The van der Waals surface area contributed by atoms with Gasteiger partial charge in [0, 0.05) is 37.6 Å². The SMILES string of the molecule is CSCCN(C)c1ccc(CNC(C)C)c(C)n1. The van der Waals surface area contributed by atoms with Crippen molar-refractivity contribution in [3.63, 3.8) is 0 Å². The third kappa shape index (κ3) is 4.86. The molecular weight excluding hydrogens is 242 g/mol. The lowest BCUT2D eigenvalue weighted by Gasteiger charge is -2.19. The van der Waals surface area contributed by atoms with E-state index in [9.17, 15) is 0 Å². The van der Waals surface area contributed by atoms with Gasteiger partial charge in [-0.25, -0.2) is 4.98 Å². The second-order valence-corrected chi connectivity index (χ2v) is 5.85. The van der Waals surface area contributed by atoms with Crippen molar-refractivity contribution in [3.05, 3.63) is 23.4 Å². The molecule has 0 spiro atoms. The van der Waals surface area contributed by atoms with Crippen LogP contribution in [0.5, 0.6) is 0 Å². The van der Waals surface area contributed by atoms with Crippen LogP contribution in [0.25, 0.3) is 0 Å². The van der Waals surface area contributed by atoms with E-state index in [1.807, 2.05) is 11.8 Å². The lowest BCUT2D eigenvalue weighted by Crippen LogP contribution is -2.24. The molecule has 0 amide bonds. The maximum Gasteiger partial charge on any atom is 0.128 e. The lowest BCUT2D eigenvalue weighted by atomic mass is 10.2. The summed E-state index contributed by atoms with van der Waals surface area (Å²) in [5.74, 6) is 2.20. The second-order valence-electron chi connectivity index (χ2n) is 4.86. The number of nitrogens with one attached hydrogen (secondary N) is 1. The molecule has 102 valence electrons. The van der Waals surface area contributed by atoms with Gasteiger partial charge in [0.05, 0.1) is 0 Å². The first-order valence-electron chi connectivity index (χ1n) is 6.44. The highest BCUT2D eigenvalue weighted by Gasteiger charge is 2.06. The minimum absolute atomic E-state index is 0.508. The third-order valence-corrected chi connectivity index (χ3v) is 3.49. The van der Waals surface area contributed by atoms with Gasteiger partial charge in [0.1, 0.15) is 5.82 Å². The van der Waals surface area contributed by atoms with E-state index < -0.39 is 0 Å². The highest BCUT2D eigenvalue weighted by molar-refractivity contribution is 7.98. The molecule has 0 aliphatic heterocycles. The third-order valence-electron chi connectivity index (χ3n) is 2.90. The Morgan fingerprint density at radius 2 is 2.11 bits per heavy atom. The molecule has 1 aromatic rings. The summed E-state index contributed by atoms with van der Waals surface area (Å²) < 4.78 is 0. The molecule has 0 bridgehead atoms. The van der Waals surface area contributed by atoms with Crippen LogP contribution in [0.3, 0.4) is 0 Å². The minimum Gasteiger partial charge on any atom is -0.359 e. The number of aromatic nitrogens is 1. The molecule has 0 saturated carbocycles. The number of hydrogen-bond donors (Lipinski definition) is 1. The molecule has 1 heterocycles. The van der Waals surface area contributed by atoms with Crippen LogP contribution in [0, 0.1) is 6.92 Å². The summed E-state index contributed by atoms with van der Waals surface area (Å²) in [7, 11) is 2.10. The number of anilines is 1. The van der Waals surface area contributed by atoms with Gasteiger partial charge < -0.3 is 10.2 Å². The van der Waals surface area contributed by atoms with Crippen LogP contribution in [0.1, 0.15) is 25.1 Å². The first-order chi connectivity index (χ1) is 8.54. The van der Waals surface area contributed by atoms with Crippen LogP contribution in [-0.4, -0.2) is 36.6 Å². The zero-order valence-electron chi connectivity index (χ0n) is 12.2. The van der Waals surface area contributed by atoms with E-state index in [0.29, 0.717) is 6.04 Å². The van der Waals surface area contributed by atoms with Crippen molar-refractivity contribution < 1.29 is 0 Å². The Bertz CT molecular complexity index is 366. The van der Waals surface area contributed by atoms with Gasteiger partial charge in [-0.2, -0.15) is 11.8 Å². The van der Waals surface area contributed by atoms with Crippen LogP contribution in [0.4, 0.5) is 5.82 Å². The summed E-state index contributed by atoms with van der Waals surface area (Å²) in [6, 6.07) is 4.81. The maximum absolute atomic E-state index is 4.68. The molecule has 0 aliphatic carbocycles. The predicted molar refractivity (Wildman–Crippen MR) is 82.6 cm³/mol. The summed E-state index contributed by atoms with van der Waals surface area (Å²) in [4.78, 5) is 6.89. The summed E-state index contributed by atoms with van der Waals surface area (Å²) in [5, 5.41) is 3.43. The van der Waals surface area contributed by atoms with Crippen molar-refractivity contribution in [1.29, 1.82) is 0 Å². The Morgan fingerprint density at radius 1 is 1.39 bits per heavy atom. The van der Waals surface area contributed by atoms with Gasteiger partial charge in [0.15, 0.2) is 0 Å². The van der Waals surface area contributed by atoms with Crippen LogP contribution in [0.2, 0.25) is 0 Å². The van der Waals surface area contributed by atoms with E-state index in [-0.39, 0.29) is 0 Å². The highest BCUT2D eigenvalue weighted by atomic mass is 32.2. The van der Waals surface area contributed by atoms with Gasteiger partial charge in [-0.3, -0.25) is 0 Å². The van der Waals surface area contributed by atoms with E-state index >= 15 is 0 Å². The topological polar surface area (TPSA) is 28.2 Å². The normalized spacial score (nSPS) is 11.0. The quantitative estimate of drug-likeness (QED) is 0.822. The van der Waals surface area contributed by atoms with E-state index in [4.69, 9.17) is 0 Å². The van der Waals surface area contributed by atoms with Gasteiger partial charge in [-0.05, 0) is 24.8 Å². The highest BCUT2D eigenvalue weighted by Crippen LogP contribution is 2.14. The van der Waals surface area contributed by atoms with Crippen molar-refractivity contribution in [3.8, 4) is 0 Å². The Kier molecular flexibility index (Phi) is 6.50.